The molecule has 1 heterocycles. The SMILES string of the molecule is CCn1c(SCC(=O)Nc2ccccc2C(F)(F)F)nnc1C(C)Oc1ccc(C)cc1. The van der Waals surface area contributed by atoms with Crippen LogP contribution in [-0.4, -0.2) is 26.4 Å². The summed E-state index contributed by atoms with van der Waals surface area (Å²) in [5.41, 5.74) is -0.0423. The molecule has 0 saturated heterocycles. The number of nitrogens with zero attached hydrogens (tertiary/aromatic N) is 3. The Bertz CT molecular complexity index is 1070. The Labute approximate surface area is 188 Å². The normalized spacial score (nSPS) is 12.4. The zero-order chi connectivity index (χ0) is 23.3. The number of rotatable bonds is 8. The highest BCUT2D eigenvalue weighted by atomic mass is 32.2. The standard InChI is InChI=1S/C22H23F3N4O2S/c1-4-29-20(15(3)31-16-11-9-14(2)10-12-16)27-28-21(29)32-13-19(30)26-18-8-6-5-7-17(18)22(23,24)25/h5-12,15H,4,13H2,1-3H3,(H,26,30). The van der Waals surface area contributed by atoms with Crippen LogP contribution in [0.15, 0.2) is 53.7 Å². The number of nitrogens with one attached hydrogen (secondary N) is 1. The lowest BCUT2D eigenvalue weighted by Crippen LogP contribution is -2.18. The molecule has 0 bridgehead atoms. The van der Waals surface area contributed by atoms with Crippen molar-refractivity contribution in [1.82, 2.24) is 14.8 Å². The number of ether oxygens (including phenoxy) is 1. The lowest BCUT2D eigenvalue weighted by molar-refractivity contribution is -0.137. The molecule has 3 aromatic rings. The zero-order valence-electron chi connectivity index (χ0n) is 17.8. The Morgan fingerprint density at radius 3 is 2.50 bits per heavy atom. The largest absolute Gasteiger partial charge is 0.483 e. The zero-order valence-corrected chi connectivity index (χ0v) is 18.6. The molecule has 0 fully saturated rings. The number of halogens is 3. The third kappa shape index (κ3) is 5.82. The summed E-state index contributed by atoms with van der Waals surface area (Å²) in [6.07, 6.45) is -4.94. The molecule has 0 radical (unpaired) electrons. The van der Waals surface area contributed by atoms with Gasteiger partial charge in [-0.05, 0) is 45.0 Å². The lowest BCUT2D eigenvalue weighted by Gasteiger charge is -2.16. The molecule has 10 heteroatoms. The van der Waals surface area contributed by atoms with Crippen molar-refractivity contribution < 1.29 is 22.7 Å². The molecule has 1 aromatic heterocycles. The number of aromatic nitrogens is 3. The number of thioether (sulfide) groups is 1. The van der Waals surface area contributed by atoms with Crippen LogP contribution in [-0.2, 0) is 17.5 Å². The minimum atomic E-state index is -4.55. The first-order valence-corrected chi connectivity index (χ1v) is 10.9. The van der Waals surface area contributed by atoms with Gasteiger partial charge in [-0.15, -0.1) is 10.2 Å². The molecule has 0 spiro atoms. The van der Waals surface area contributed by atoms with Crippen LogP contribution in [0.5, 0.6) is 5.75 Å². The van der Waals surface area contributed by atoms with Gasteiger partial charge in [0, 0.05) is 6.54 Å². The van der Waals surface area contributed by atoms with Gasteiger partial charge in [0.2, 0.25) is 5.91 Å². The molecule has 0 aliphatic heterocycles. The third-order valence-corrected chi connectivity index (χ3v) is 5.56. The van der Waals surface area contributed by atoms with Crippen LogP contribution >= 0.6 is 11.8 Å². The van der Waals surface area contributed by atoms with Crippen LogP contribution in [0.3, 0.4) is 0 Å². The van der Waals surface area contributed by atoms with Crippen LogP contribution in [0.25, 0.3) is 0 Å². The number of hydrogen-bond donors (Lipinski definition) is 1. The van der Waals surface area contributed by atoms with E-state index < -0.39 is 17.6 Å². The summed E-state index contributed by atoms with van der Waals surface area (Å²) in [7, 11) is 0. The molecule has 0 aliphatic carbocycles. The van der Waals surface area contributed by atoms with Gasteiger partial charge in [0.1, 0.15) is 5.75 Å². The van der Waals surface area contributed by atoms with Crippen LogP contribution in [0.4, 0.5) is 18.9 Å². The highest BCUT2D eigenvalue weighted by Crippen LogP contribution is 2.34. The molecule has 32 heavy (non-hydrogen) atoms. The molecule has 6 nitrogen and oxygen atoms in total. The maximum absolute atomic E-state index is 13.1. The molecule has 1 atom stereocenters. The van der Waals surface area contributed by atoms with Crippen molar-refractivity contribution >= 4 is 23.4 Å². The fraction of sp³-hybridized carbons (Fsp3) is 0.318. The predicted octanol–water partition coefficient (Wildman–Crippen LogP) is 5.50. The van der Waals surface area contributed by atoms with Crippen LogP contribution in [0.2, 0.25) is 0 Å². The van der Waals surface area contributed by atoms with Gasteiger partial charge in [-0.25, -0.2) is 0 Å². The minimum absolute atomic E-state index is 0.114. The molecule has 1 N–H and O–H groups in total. The van der Waals surface area contributed by atoms with Gasteiger partial charge in [0.15, 0.2) is 17.1 Å². The Morgan fingerprint density at radius 2 is 1.84 bits per heavy atom. The van der Waals surface area contributed by atoms with Crippen molar-refractivity contribution in [2.75, 3.05) is 11.1 Å². The van der Waals surface area contributed by atoms with E-state index in [0.717, 1.165) is 23.4 Å². The van der Waals surface area contributed by atoms with Gasteiger partial charge in [-0.2, -0.15) is 13.2 Å². The van der Waals surface area contributed by atoms with Crippen molar-refractivity contribution in [1.29, 1.82) is 0 Å². The van der Waals surface area contributed by atoms with Crippen molar-refractivity contribution in [3.05, 3.63) is 65.5 Å². The fourth-order valence-electron chi connectivity index (χ4n) is 3.03. The molecule has 1 unspecified atom stereocenters. The lowest BCUT2D eigenvalue weighted by atomic mass is 10.1. The van der Waals surface area contributed by atoms with Crippen molar-refractivity contribution in [3.63, 3.8) is 0 Å². The minimum Gasteiger partial charge on any atom is -0.483 e. The maximum Gasteiger partial charge on any atom is 0.418 e. The third-order valence-electron chi connectivity index (χ3n) is 4.60. The van der Waals surface area contributed by atoms with E-state index in [-0.39, 0.29) is 17.5 Å². The number of para-hydroxylation sites is 1. The first-order chi connectivity index (χ1) is 15.2. The Kier molecular flexibility index (Phi) is 7.44. The molecular weight excluding hydrogens is 441 g/mol. The number of carbonyl (C=O) groups is 1. The number of hydrogen-bond acceptors (Lipinski definition) is 5. The Hall–Kier alpha value is -3.01. The van der Waals surface area contributed by atoms with E-state index in [9.17, 15) is 18.0 Å². The highest BCUT2D eigenvalue weighted by molar-refractivity contribution is 7.99. The van der Waals surface area contributed by atoms with Crippen LogP contribution < -0.4 is 10.1 Å². The topological polar surface area (TPSA) is 69.0 Å². The van der Waals surface area contributed by atoms with E-state index in [2.05, 4.69) is 15.5 Å². The fourth-order valence-corrected chi connectivity index (χ4v) is 3.84. The van der Waals surface area contributed by atoms with Crippen molar-refractivity contribution in [2.24, 2.45) is 0 Å². The Morgan fingerprint density at radius 1 is 1.16 bits per heavy atom. The van der Waals surface area contributed by atoms with E-state index in [1.165, 1.54) is 18.2 Å². The summed E-state index contributed by atoms with van der Waals surface area (Å²) >= 11 is 1.10. The molecule has 2 aromatic carbocycles. The molecule has 3 rings (SSSR count). The van der Waals surface area contributed by atoms with E-state index in [1.807, 2.05) is 49.6 Å². The van der Waals surface area contributed by atoms with Gasteiger partial charge in [-0.3, -0.25) is 4.79 Å². The van der Waals surface area contributed by atoms with Crippen LogP contribution in [0, 0.1) is 6.92 Å². The maximum atomic E-state index is 13.1. The predicted molar refractivity (Wildman–Crippen MR) is 117 cm³/mol. The molecular formula is C22H23F3N4O2S. The second-order valence-electron chi connectivity index (χ2n) is 7.04. The number of aryl methyl sites for hydroxylation is 1. The number of anilines is 1. The molecule has 1 amide bonds. The number of amides is 1. The molecule has 0 aliphatic rings. The van der Waals surface area contributed by atoms with Gasteiger partial charge >= 0.3 is 6.18 Å². The number of carbonyl (C=O) groups excluding carboxylic acids is 1. The summed E-state index contributed by atoms with van der Waals surface area (Å²) in [5, 5.41) is 11.1. The van der Waals surface area contributed by atoms with Gasteiger partial charge < -0.3 is 14.6 Å². The summed E-state index contributed by atoms with van der Waals surface area (Å²) < 4.78 is 47.1. The summed E-state index contributed by atoms with van der Waals surface area (Å²) in [5.74, 6) is 0.615. The first kappa shape index (κ1) is 23.6. The number of alkyl halides is 3. The average Bonchev–Trinajstić information content (AvgIpc) is 3.16. The van der Waals surface area contributed by atoms with E-state index >= 15 is 0 Å². The monoisotopic (exact) mass is 464 g/mol. The molecule has 0 saturated carbocycles. The highest BCUT2D eigenvalue weighted by Gasteiger charge is 2.33. The smallest absolute Gasteiger partial charge is 0.418 e. The summed E-state index contributed by atoms with van der Waals surface area (Å²) in [6, 6.07) is 12.5. The van der Waals surface area contributed by atoms with Crippen LogP contribution in [0.1, 0.15) is 36.9 Å². The van der Waals surface area contributed by atoms with E-state index in [1.54, 1.807) is 0 Å². The summed E-state index contributed by atoms with van der Waals surface area (Å²) in [4.78, 5) is 12.3. The first-order valence-electron chi connectivity index (χ1n) is 9.94. The van der Waals surface area contributed by atoms with Gasteiger partial charge in [-0.1, -0.05) is 41.6 Å². The quantitative estimate of drug-likeness (QED) is 0.446. The average molecular weight is 465 g/mol. The molecule has 170 valence electrons. The second kappa shape index (κ2) is 10.1. The summed E-state index contributed by atoms with van der Waals surface area (Å²) in [6.45, 7) is 6.30. The van der Waals surface area contributed by atoms with Crippen molar-refractivity contribution in [3.8, 4) is 5.75 Å². The van der Waals surface area contributed by atoms with Gasteiger partial charge in [0.05, 0.1) is 17.0 Å². The van der Waals surface area contributed by atoms with Gasteiger partial charge in [0.25, 0.3) is 0 Å². The Balaban J connectivity index is 1.65. The van der Waals surface area contributed by atoms with E-state index in [4.69, 9.17) is 4.74 Å². The van der Waals surface area contributed by atoms with Crippen molar-refractivity contribution in [2.45, 2.75) is 44.8 Å². The number of benzene rings is 2. The second-order valence-corrected chi connectivity index (χ2v) is 7.98. The van der Waals surface area contributed by atoms with E-state index in [0.29, 0.717) is 23.3 Å².